The van der Waals surface area contributed by atoms with E-state index in [-0.39, 0.29) is 35.1 Å². The molecule has 0 radical (unpaired) electrons. The maximum absolute atomic E-state index is 11.1. The third-order valence-corrected chi connectivity index (χ3v) is 4.48. The smallest absolute Gasteiger partial charge is 0.191 e. The number of hydrogen-bond donors (Lipinski definition) is 2. The molecule has 0 amide bonds. The van der Waals surface area contributed by atoms with Gasteiger partial charge in [0.2, 0.25) is 0 Å². The van der Waals surface area contributed by atoms with Crippen LogP contribution in [0.1, 0.15) is 59.8 Å². The monoisotopic (exact) mass is 461 g/mol. The molecule has 0 fully saturated rings. The number of rotatable bonds is 11. The van der Waals surface area contributed by atoms with Crippen molar-refractivity contribution in [1.82, 2.24) is 10.6 Å². The lowest BCUT2D eigenvalue weighted by Crippen LogP contribution is -2.39. The van der Waals surface area contributed by atoms with E-state index in [0.717, 1.165) is 19.0 Å². The Labute approximate surface area is 160 Å². The van der Waals surface area contributed by atoms with E-state index < -0.39 is 9.84 Å². The van der Waals surface area contributed by atoms with Gasteiger partial charge in [-0.2, -0.15) is 0 Å². The van der Waals surface area contributed by atoms with Gasteiger partial charge in [0.05, 0.1) is 5.75 Å². The third-order valence-electron chi connectivity index (χ3n) is 3.45. The molecule has 0 aliphatic rings. The Morgan fingerprint density at radius 2 is 1.74 bits per heavy atom. The zero-order valence-corrected chi connectivity index (χ0v) is 18.6. The highest BCUT2D eigenvalue weighted by Gasteiger charge is 2.17. The summed E-state index contributed by atoms with van der Waals surface area (Å²) < 4.78 is 22.2. The number of aliphatic imine (C=N–C) groups is 1. The first-order valence-corrected chi connectivity index (χ1v) is 10.5. The van der Waals surface area contributed by atoms with E-state index in [1.807, 2.05) is 6.92 Å². The summed E-state index contributed by atoms with van der Waals surface area (Å²) in [6.45, 7) is 10.9. The van der Waals surface area contributed by atoms with E-state index >= 15 is 0 Å². The molecule has 7 heteroatoms. The van der Waals surface area contributed by atoms with E-state index in [1.165, 1.54) is 31.9 Å². The third kappa shape index (κ3) is 16.6. The van der Waals surface area contributed by atoms with Gasteiger partial charge in [0.1, 0.15) is 9.84 Å². The Hall–Kier alpha value is -0.0500. The summed E-state index contributed by atoms with van der Waals surface area (Å²) in [5.41, 5.74) is 0.199. The molecule has 0 atom stereocenters. The predicted octanol–water partition coefficient (Wildman–Crippen LogP) is 3.20. The SMILES string of the molecule is CCCCCC(C)(C)CN=C(NCC)NCCCS(C)(=O)=O.I. The van der Waals surface area contributed by atoms with Crippen molar-refractivity contribution < 1.29 is 8.42 Å². The number of nitrogens with one attached hydrogen (secondary N) is 2. The van der Waals surface area contributed by atoms with Crippen LogP contribution in [0.2, 0.25) is 0 Å². The summed E-state index contributed by atoms with van der Waals surface area (Å²) in [5, 5.41) is 6.42. The second kappa shape index (κ2) is 13.3. The van der Waals surface area contributed by atoms with E-state index in [9.17, 15) is 8.42 Å². The Balaban J connectivity index is 0. The molecule has 0 aromatic carbocycles. The Bertz CT molecular complexity index is 423. The molecule has 0 saturated carbocycles. The van der Waals surface area contributed by atoms with Crippen molar-refractivity contribution in [1.29, 1.82) is 0 Å². The number of hydrogen-bond acceptors (Lipinski definition) is 3. The predicted molar refractivity (Wildman–Crippen MR) is 112 cm³/mol. The quantitative estimate of drug-likeness (QED) is 0.215. The van der Waals surface area contributed by atoms with E-state index in [1.54, 1.807) is 0 Å². The highest BCUT2D eigenvalue weighted by Crippen LogP contribution is 2.23. The van der Waals surface area contributed by atoms with Gasteiger partial charge in [-0.05, 0) is 25.2 Å². The van der Waals surface area contributed by atoms with Gasteiger partial charge < -0.3 is 10.6 Å². The molecule has 5 nitrogen and oxygen atoms in total. The summed E-state index contributed by atoms with van der Waals surface area (Å²) in [5.74, 6) is 0.988. The van der Waals surface area contributed by atoms with Crippen molar-refractivity contribution in [2.45, 2.75) is 59.8 Å². The van der Waals surface area contributed by atoms with Gasteiger partial charge >= 0.3 is 0 Å². The first-order valence-electron chi connectivity index (χ1n) is 8.40. The van der Waals surface area contributed by atoms with E-state index in [2.05, 4.69) is 36.4 Å². The minimum atomic E-state index is -2.88. The second-order valence-electron chi connectivity index (χ2n) is 6.73. The molecule has 0 spiro atoms. The van der Waals surface area contributed by atoms with Crippen LogP contribution in [-0.2, 0) is 9.84 Å². The average Bonchev–Trinajstić information content (AvgIpc) is 2.40. The Morgan fingerprint density at radius 1 is 1.09 bits per heavy atom. The number of nitrogens with zero attached hydrogens (tertiary/aromatic N) is 1. The van der Waals surface area contributed by atoms with Crippen molar-refractivity contribution in [3.8, 4) is 0 Å². The zero-order chi connectivity index (χ0) is 17.1. The van der Waals surface area contributed by atoms with Crippen molar-refractivity contribution in [3.05, 3.63) is 0 Å². The van der Waals surface area contributed by atoms with Gasteiger partial charge in [-0.3, -0.25) is 4.99 Å². The summed E-state index contributed by atoms with van der Waals surface area (Å²) in [7, 11) is -2.88. The van der Waals surface area contributed by atoms with Gasteiger partial charge in [-0.1, -0.05) is 40.0 Å². The summed E-state index contributed by atoms with van der Waals surface area (Å²) in [6.07, 6.45) is 6.81. The van der Waals surface area contributed by atoms with Crippen LogP contribution in [0.15, 0.2) is 4.99 Å². The van der Waals surface area contributed by atoms with Gasteiger partial charge in [0.25, 0.3) is 0 Å². The molecule has 140 valence electrons. The number of halogens is 1. The lowest BCUT2D eigenvalue weighted by Gasteiger charge is -2.23. The topological polar surface area (TPSA) is 70.6 Å². The molecule has 0 bridgehead atoms. The zero-order valence-electron chi connectivity index (χ0n) is 15.4. The molecule has 0 heterocycles. The molecule has 0 aliphatic heterocycles. The van der Waals surface area contributed by atoms with Crippen molar-refractivity contribution in [2.24, 2.45) is 10.4 Å². The first-order chi connectivity index (χ1) is 10.2. The number of sulfone groups is 1. The van der Waals surface area contributed by atoms with Crippen LogP contribution in [0.3, 0.4) is 0 Å². The van der Waals surface area contributed by atoms with E-state index in [0.29, 0.717) is 13.0 Å². The fourth-order valence-electron chi connectivity index (χ4n) is 2.11. The summed E-state index contributed by atoms with van der Waals surface area (Å²) in [4.78, 5) is 4.64. The van der Waals surface area contributed by atoms with Gasteiger partial charge in [-0.25, -0.2) is 8.42 Å². The summed E-state index contributed by atoms with van der Waals surface area (Å²) >= 11 is 0. The standard InChI is InChI=1S/C16H35N3O2S.HI/c1-6-8-9-11-16(3,4)14-19-15(17-7-2)18-12-10-13-22(5,20)21;/h6-14H2,1-5H3,(H2,17,18,19);1H. The number of unbranched alkanes of at least 4 members (excludes halogenated alkanes) is 2. The average molecular weight is 461 g/mol. The van der Waals surface area contributed by atoms with Crippen LogP contribution in [0, 0.1) is 5.41 Å². The molecule has 0 aromatic rings. The van der Waals surface area contributed by atoms with Crippen molar-refractivity contribution in [3.63, 3.8) is 0 Å². The largest absolute Gasteiger partial charge is 0.357 e. The molecule has 0 unspecified atom stereocenters. The van der Waals surface area contributed by atoms with Crippen LogP contribution in [-0.4, -0.2) is 46.0 Å². The maximum atomic E-state index is 11.1. The fraction of sp³-hybridized carbons (Fsp3) is 0.938. The van der Waals surface area contributed by atoms with E-state index in [4.69, 9.17) is 0 Å². The van der Waals surface area contributed by atoms with Crippen LogP contribution < -0.4 is 10.6 Å². The Kier molecular flexibility index (Phi) is 14.5. The first kappa shape index (κ1) is 25.2. The highest BCUT2D eigenvalue weighted by molar-refractivity contribution is 14.0. The minimum Gasteiger partial charge on any atom is -0.357 e. The molecule has 0 saturated heterocycles. The number of guanidine groups is 1. The molecule has 0 aliphatic carbocycles. The Morgan fingerprint density at radius 3 is 2.26 bits per heavy atom. The molecule has 0 aromatic heterocycles. The maximum Gasteiger partial charge on any atom is 0.191 e. The minimum absolute atomic E-state index is 0. The molecular formula is C16H36IN3O2S. The van der Waals surface area contributed by atoms with Gasteiger partial charge in [0.15, 0.2) is 5.96 Å². The summed E-state index contributed by atoms with van der Waals surface area (Å²) in [6, 6.07) is 0. The fourth-order valence-corrected chi connectivity index (χ4v) is 2.78. The highest BCUT2D eigenvalue weighted by atomic mass is 127. The van der Waals surface area contributed by atoms with Crippen molar-refractivity contribution >= 4 is 39.8 Å². The van der Waals surface area contributed by atoms with Gasteiger partial charge in [0, 0.05) is 25.9 Å². The van der Waals surface area contributed by atoms with Crippen LogP contribution in [0.4, 0.5) is 0 Å². The molecule has 2 N–H and O–H groups in total. The van der Waals surface area contributed by atoms with Crippen LogP contribution in [0.5, 0.6) is 0 Å². The molecule has 23 heavy (non-hydrogen) atoms. The van der Waals surface area contributed by atoms with Gasteiger partial charge in [-0.15, -0.1) is 24.0 Å². The van der Waals surface area contributed by atoms with Crippen LogP contribution in [0.25, 0.3) is 0 Å². The van der Waals surface area contributed by atoms with Crippen LogP contribution >= 0.6 is 24.0 Å². The second-order valence-corrected chi connectivity index (χ2v) is 8.99. The normalized spacial score (nSPS) is 12.7. The molecular weight excluding hydrogens is 425 g/mol. The molecule has 0 rings (SSSR count). The van der Waals surface area contributed by atoms with Crippen molar-refractivity contribution in [2.75, 3.05) is 31.6 Å². The lowest BCUT2D eigenvalue weighted by molar-refractivity contribution is 0.332. The lowest BCUT2D eigenvalue weighted by atomic mass is 9.87.